The largest absolute Gasteiger partial charge is 0.336 e. The molecule has 3 aromatic heterocycles. The Morgan fingerprint density at radius 3 is 2.79 bits per heavy atom. The number of piperidine rings is 1. The molecule has 3 aromatic rings. The van der Waals surface area contributed by atoms with E-state index < -0.39 is 0 Å². The molecule has 4 rings (SSSR count). The zero-order chi connectivity index (χ0) is 20.7. The number of carbonyl (C=O) groups is 1. The molecule has 7 nitrogen and oxygen atoms in total. The molecule has 0 bridgehead atoms. The molecule has 1 aliphatic heterocycles. The van der Waals surface area contributed by atoms with Gasteiger partial charge in [0.15, 0.2) is 0 Å². The van der Waals surface area contributed by atoms with Crippen LogP contribution in [0, 0.1) is 13.8 Å². The van der Waals surface area contributed by atoms with E-state index in [1.165, 1.54) is 0 Å². The zero-order valence-electron chi connectivity index (χ0n) is 17.4. The Morgan fingerprint density at radius 2 is 2.10 bits per heavy atom. The number of likely N-dealkylation sites (tertiary alicyclic amines) is 1. The lowest BCUT2D eigenvalue weighted by atomic mass is 10.0. The molecule has 4 heterocycles. The highest BCUT2D eigenvalue weighted by molar-refractivity contribution is 7.18. The van der Waals surface area contributed by atoms with Crippen molar-refractivity contribution in [1.29, 1.82) is 0 Å². The number of aromatic nitrogens is 4. The number of rotatable bonds is 4. The van der Waals surface area contributed by atoms with Crippen molar-refractivity contribution in [3.05, 3.63) is 44.6 Å². The van der Waals surface area contributed by atoms with E-state index >= 15 is 0 Å². The average Bonchev–Trinajstić information content (AvgIpc) is 3.26. The van der Waals surface area contributed by atoms with E-state index in [0.29, 0.717) is 18.7 Å². The Labute approximate surface area is 174 Å². The van der Waals surface area contributed by atoms with Gasteiger partial charge in [-0.05, 0) is 45.6 Å². The minimum absolute atomic E-state index is 0.00499. The third-order valence-corrected chi connectivity index (χ3v) is 6.93. The first-order valence-electron chi connectivity index (χ1n) is 10.3. The van der Waals surface area contributed by atoms with Crippen LogP contribution in [-0.4, -0.2) is 43.2 Å². The quantitative estimate of drug-likeness (QED) is 0.658. The number of thiophene rings is 1. The van der Waals surface area contributed by atoms with Crippen molar-refractivity contribution in [2.24, 2.45) is 0 Å². The maximum absolute atomic E-state index is 13.3. The van der Waals surface area contributed by atoms with Gasteiger partial charge in [0.25, 0.3) is 11.5 Å². The maximum Gasteiger partial charge on any atom is 0.262 e. The first-order chi connectivity index (χ1) is 13.9. The first-order valence-corrected chi connectivity index (χ1v) is 11.1. The molecule has 0 saturated carbocycles. The van der Waals surface area contributed by atoms with Gasteiger partial charge in [-0.2, -0.15) is 5.10 Å². The van der Waals surface area contributed by atoms with Crippen molar-refractivity contribution in [2.45, 2.75) is 59.5 Å². The lowest BCUT2D eigenvalue weighted by Gasteiger charge is -2.33. The first kappa shape index (κ1) is 19.8. The van der Waals surface area contributed by atoms with Crippen LogP contribution in [0.4, 0.5) is 0 Å². The number of nitrogens with zero attached hydrogens (tertiary/aromatic N) is 5. The monoisotopic (exact) mass is 413 g/mol. The summed E-state index contributed by atoms with van der Waals surface area (Å²) in [5, 5.41) is 5.15. The Kier molecular flexibility index (Phi) is 5.29. The van der Waals surface area contributed by atoms with E-state index in [0.717, 1.165) is 52.2 Å². The second-order valence-electron chi connectivity index (χ2n) is 7.66. The Hall–Kier alpha value is -2.48. The molecule has 1 saturated heterocycles. The molecule has 154 valence electrons. The van der Waals surface area contributed by atoms with Crippen LogP contribution in [0.1, 0.15) is 59.2 Å². The predicted molar refractivity (Wildman–Crippen MR) is 115 cm³/mol. The molecule has 1 fully saturated rings. The zero-order valence-corrected chi connectivity index (χ0v) is 18.3. The molecule has 0 spiro atoms. The Morgan fingerprint density at radius 1 is 1.31 bits per heavy atom. The van der Waals surface area contributed by atoms with Gasteiger partial charge in [0, 0.05) is 30.7 Å². The van der Waals surface area contributed by atoms with Crippen molar-refractivity contribution in [3.8, 4) is 0 Å². The van der Waals surface area contributed by atoms with Crippen LogP contribution < -0.4 is 5.56 Å². The van der Waals surface area contributed by atoms with Crippen LogP contribution in [0.5, 0.6) is 0 Å². The van der Waals surface area contributed by atoms with E-state index in [1.54, 1.807) is 26.9 Å². The third kappa shape index (κ3) is 3.39. The normalized spacial score (nSPS) is 17.2. The summed E-state index contributed by atoms with van der Waals surface area (Å²) < 4.78 is 3.53. The van der Waals surface area contributed by atoms with Crippen molar-refractivity contribution < 1.29 is 4.79 Å². The minimum atomic E-state index is -0.0523. The van der Waals surface area contributed by atoms with Crippen molar-refractivity contribution >= 4 is 27.5 Å². The standard InChI is InChI=1S/C21H27N5O2S/c1-5-16-14(4)29-19-18(16)21(28)26(12-22-19)15-8-7-9-24(10-15)20(27)17-11-25(6-2)23-13(17)3/h11-12,15H,5-10H2,1-4H3. The van der Waals surface area contributed by atoms with Gasteiger partial charge in [0.2, 0.25) is 0 Å². The van der Waals surface area contributed by atoms with Crippen LogP contribution in [0.3, 0.4) is 0 Å². The fraction of sp³-hybridized carbons (Fsp3) is 0.524. The lowest BCUT2D eigenvalue weighted by molar-refractivity contribution is 0.0676. The average molecular weight is 414 g/mol. The van der Waals surface area contributed by atoms with Crippen LogP contribution in [-0.2, 0) is 13.0 Å². The third-order valence-electron chi connectivity index (χ3n) is 5.87. The lowest BCUT2D eigenvalue weighted by Crippen LogP contribution is -2.43. The fourth-order valence-electron chi connectivity index (χ4n) is 4.28. The van der Waals surface area contributed by atoms with Crippen LogP contribution >= 0.6 is 11.3 Å². The molecule has 0 radical (unpaired) electrons. The number of aryl methyl sites for hydroxylation is 4. The fourth-order valence-corrected chi connectivity index (χ4v) is 5.35. The van der Waals surface area contributed by atoms with Gasteiger partial charge in [-0.25, -0.2) is 4.98 Å². The maximum atomic E-state index is 13.3. The summed E-state index contributed by atoms with van der Waals surface area (Å²) in [5.74, 6) is -0.00499. The molecular weight excluding hydrogens is 386 g/mol. The molecule has 0 aromatic carbocycles. The number of hydrogen-bond donors (Lipinski definition) is 0. The summed E-state index contributed by atoms with van der Waals surface area (Å²) in [6, 6.07) is -0.0523. The van der Waals surface area contributed by atoms with Crippen molar-refractivity contribution in [3.63, 3.8) is 0 Å². The minimum Gasteiger partial charge on any atom is -0.336 e. The van der Waals surface area contributed by atoms with Gasteiger partial charge in [-0.15, -0.1) is 11.3 Å². The van der Waals surface area contributed by atoms with E-state index in [1.807, 2.05) is 24.9 Å². The molecule has 1 aliphatic rings. The molecule has 29 heavy (non-hydrogen) atoms. The highest BCUT2D eigenvalue weighted by atomic mass is 32.1. The molecule has 1 amide bonds. The van der Waals surface area contributed by atoms with Gasteiger partial charge in [0.1, 0.15) is 4.83 Å². The molecule has 0 N–H and O–H groups in total. The van der Waals surface area contributed by atoms with Gasteiger partial charge < -0.3 is 4.90 Å². The van der Waals surface area contributed by atoms with Gasteiger partial charge >= 0.3 is 0 Å². The molecule has 8 heteroatoms. The van der Waals surface area contributed by atoms with Crippen LogP contribution in [0.15, 0.2) is 17.3 Å². The van der Waals surface area contributed by atoms with E-state index in [4.69, 9.17) is 0 Å². The second-order valence-corrected chi connectivity index (χ2v) is 8.86. The number of carbonyl (C=O) groups excluding carboxylic acids is 1. The predicted octanol–water partition coefficient (Wildman–Crippen LogP) is 3.33. The summed E-state index contributed by atoms with van der Waals surface area (Å²) in [4.78, 5) is 34.8. The number of amides is 1. The second kappa shape index (κ2) is 7.74. The highest BCUT2D eigenvalue weighted by Gasteiger charge is 2.28. The Bertz CT molecular complexity index is 1130. The SMILES string of the molecule is CCc1c(C)sc2ncn(C3CCCN(C(=O)c4cn(CC)nc4C)C3)c(=O)c12. The van der Waals surface area contributed by atoms with Crippen LogP contribution in [0.25, 0.3) is 10.2 Å². The van der Waals surface area contributed by atoms with Crippen molar-refractivity contribution in [2.75, 3.05) is 13.1 Å². The number of fused-ring (bicyclic) bond motifs is 1. The summed E-state index contributed by atoms with van der Waals surface area (Å²) in [6.07, 6.45) is 6.05. The molecule has 1 unspecified atom stereocenters. The van der Waals surface area contributed by atoms with Crippen molar-refractivity contribution in [1.82, 2.24) is 24.2 Å². The van der Waals surface area contributed by atoms with Gasteiger partial charge in [-0.3, -0.25) is 18.8 Å². The topological polar surface area (TPSA) is 73.0 Å². The van der Waals surface area contributed by atoms with Gasteiger partial charge in [-0.1, -0.05) is 6.92 Å². The molecular formula is C21H27N5O2S. The highest BCUT2D eigenvalue weighted by Crippen LogP contribution is 2.28. The summed E-state index contributed by atoms with van der Waals surface area (Å²) in [5.41, 5.74) is 2.52. The van der Waals surface area contributed by atoms with Crippen LogP contribution in [0.2, 0.25) is 0 Å². The summed E-state index contributed by atoms with van der Waals surface area (Å²) >= 11 is 1.58. The van der Waals surface area contributed by atoms with Gasteiger partial charge in [0.05, 0.1) is 29.0 Å². The smallest absolute Gasteiger partial charge is 0.262 e. The van der Waals surface area contributed by atoms with E-state index in [-0.39, 0.29) is 17.5 Å². The summed E-state index contributed by atoms with van der Waals surface area (Å²) in [6.45, 7) is 9.96. The molecule has 1 atom stereocenters. The Balaban J connectivity index is 1.65. The van der Waals surface area contributed by atoms with E-state index in [9.17, 15) is 9.59 Å². The summed E-state index contributed by atoms with van der Waals surface area (Å²) in [7, 11) is 0. The van der Waals surface area contributed by atoms with E-state index in [2.05, 4.69) is 23.9 Å². The number of hydrogen-bond acceptors (Lipinski definition) is 5. The molecule has 0 aliphatic carbocycles.